The summed E-state index contributed by atoms with van der Waals surface area (Å²) in [5.74, 6) is 1.68. The Hall–Kier alpha value is -2.01. The Morgan fingerprint density at radius 3 is 3.05 bits per heavy atom. The van der Waals surface area contributed by atoms with E-state index in [2.05, 4.69) is 16.8 Å². The number of rotatable bonds is 3. The van der Waals surface area contributed by atoms with E-state index in [1.54, 1.807) is 11.3 Å². The van der Waals surface area contributed by atoms with Gasteiger partial charge in [-0.15, -0.1) is 0 Å². The van der Waals surface area contributed by atoms with Gasteiger partial charge < -0.3 is 14.4 Å². The second-order valence-corrected chi connectivity index (χ2v) is 6.45. The van der Waals surface area contributed by atoms with Crippen LogP contribution in [-0.4, -0.2) is 24.1 Å². The summed E-state index contributed by atoms with van der Waals surface area (Å²) in [6.45, 7) is 1.11. The molecule has 114 valence electrons. The van der Waals surface area contributed by atoms with Crippen molar-refractivity contribution < 1.29 is 14.3 Å². The molecule has 0 radical (unpaired) electrons. The van der Waals surface area contributed by atoms with Gasteiger partial charge in [0.05, 0.1) is 12.5 Å². The third-order valence-corrected chi connectivity index (χ3v) is 4.99. The Bertz CT molecular complexity index is 683. The van der Waals surface area contributed by atoms with Crippen molar-refractivity contribution in [2.75, 3.05) is 13.3 Å². The number of carbonyl (C=O) groups excluding carboxylic acids is 1. The minimum absolute atomic E-state index is 0.188. The molecule has 22 heavy (non-hydrogen) atoms. The van der Waals surface area contributed by atoms with Crippen LogP contribution in [0.25, 0.3) is 0 Å². The van der Waals surface area contributed by atoms with Crippen molar-refractivity contribution in [3.63, 3.8) is 0 Å². The van der Waals surface area contributed by atoms with Crippen LogP contribution in [0.2, 0.25) is 0 Å². The van der Waals surface area contributed by atoms with Gasteiger partial charge in [-0.2, -0.15) is 11.3 Å². The highest BCUT2D eigenvalue weighted by atomic mass is 32.1. The predicted octanol–water partition coefficient (Wildman–Crippen LogP) is 3.38. The van der Waals surface area contributed by atoms with Gasteiger partial charge in [0.25, 0.3) is 0 Å². The van der Waals surface area contributed by atoms with Crippen molar-refractivity contribution in [1.29, 1.82) is 0 Å². The van der Waals surface area contributed by atoms with Crippen LogP contribution in [0.5, 0.6) is 11.5 Å². The zero-order chi connectivity index (χ0) is 14.9. The van der Waals surface area contributed by atoms with Gasteiger partial charge in [0, 0.05) is 6.54 Å². The average molecular weight is 315 g/mol. The minimum atomic E-state index is 0.188. The summed E-state index contributed by atoms with van der Waals surface area (Å²) >= 11 is 1.69. The molecule has 0 unspecified atom stereocenters. The monoisotopic (exact) mass is 315 g/mol. The molecule has 1 aromatic carbocycles. The van der Waals surface area contributed by atoms with Gasteiger partial charge in [-0.05, 0) is 52.9 Å². The van der Waals surface area contributed by atoms with E-state index in [0.29, 0.717) is 6.42 Å². The summed E-state index contributed by atoms with van der Waals surface area (Å²) < 4.78 is 10.7. The molecular formula is C17H17NO3S. The quantitative estimate of drug-likeness (QED) is 0.871. The number of fused-ring (bicyclic) bond motifs is 1. The van der Waals surface area contributed by atoms with Crippen LogP contribution < -0.4 is 9.47 Å². The summed E-state index contributed by atoms with van der Waals surface area (Å²) in [4.78, 5) is 14.7. The van der Waals surface area contributed by atoms with E-state index in [4.69, 9.17) is 9.47 Å². The third-order valence-electron chi connectivity index (χ3n) is 4.29. The molecule has 0 N–H and O–H groups in total. The van der Waals surface area contributed by atoms with Crippen molar-refractivity contribution in [2.24, 2.45) is 0 Å². The van der Waals surface area contributed by atoms with Gasteiger partial charge in [0.2, 0.25) is 12.7 Å². The number of amides is 1. The van der Waals surface area contributed by atoms with E-state index >= 15 is 0 Å². The molecular weight excluding hydrogens is 298 g/mol. The summed E-state index contributed by atoms with van der Waals surface area (Å²) in [7, 11) is 0. The van der Waals surface area contributed by atoms with Crippen molar-refractivity contribution in [3.8, 4) is 11.5 Å². The molecule has 2 aliphatic heterocycles. The molecule has 0 saturated carbocycles. The summed E-state index contributed by atoms with van der Waals surface area (Å²) in [5, 5.41) is 4.23. The first-order valence-electron chi connectivity index (χ1n) is 7.51. The fourth-order valence-corrected chi connectivity index (χ4v) is 3.91. The fraction of sp³-hybridized carbons (Fsp3) is 0.353. The van der Waals surface area contributed by atoms with Crippen LogP contribution in [-0.2, 0) is 11.2 Å². The molecule has 5 heteroatoms. The molecule has 0 aliphatic carbocycles. The van der Waals surface area contributed by atoms with Crippen LogP contribution in [0.15, 0.2) is 35.0 Å². The number of hydrogen-bond donors (Lipinski definition) is 0. The molecule has 2 aliphatic rings. The highest BCUT2D eigenvalue weighted by Crippen LogP contribution is 2.35. The fourth-order valence-electron chi connectivity index (χ4n) is 3.20. The van der Waals surface area contributed by atoms with Crippen molar-refractivity contribution >= 4 is 17.2 Å². The predicted molar refractivity (Wildman–Crippen MR) is 84.3 cm³/mol. The Balaban J connectivity index is 1.49. The molecule has 4 nitrogen and oxygen atoms in total. The average Bonchev–Trinajstić information content (AvgIpc) is 3.26. The lowest BCUT2D eigenvalue weighted by atomic mass is 10.1. The maximum Gasteiger partial charge on any atom is 0.231 e. The van der Waals surface area contributed by atoms with Crippen LogP contribution in [0.4, 0.5) is 0 Å². The number of carbonyl (C=O) groups is 1. The van der Waals surface area contributed by atoms with Gasteiger partial charge in [-0.25, -0.2) is 0 Å². The van der Waals surface area contributed by atoms with E-state index in [-0.39, 0.29) is 18.7 Å². The van der Waals surface area contributed by atoms with Crippen LogP contribution >= 0.6 is 11.3 Å². The van der Waals surface area contributed by atoms with Crippen molar-refractivity contribution in [2.45, 2.75) is 25.3 Å². The second kappa shape index (κ2) is 5.65. The first-order valence-corrected chi connectivity index (χ1v) is 8.45. The Kier molecular flexibility index (Phi) is 3.50. The molecule has 4 rings (SSSR count). The minimum Gasteiger partial charge on any atom is -0.454 e. The smallest absolute Gasteiger partial charge is 0.231 e. The molecule has 2 aromatic rings. The Labute approximate surface area is 133 Å². The standard InChI is InChI=1S/C17H17NO3S/c19-17(9-12-3-4-15-16(8-12)21-11-20-15)18-6-1-2-14(18)13-5-7-22-10-13/h3-5,7-8,10,14H,1-2,6,9,11H2/t14-/m1/s1. The van der Waals surface area contributed by atoms with Crippen molar-refractivity contribution in [1.82, 2.24) is 4.90 Å². The molecule has 1 atom stereocenters. The first kappa shape index (κ1) is 13.6. The Morgan fingerprint density at radius 1 is 1.27 bits per heavy atom. The third kappa shape index (κ3) is 2.46. The lowest BCUT2D eigenvalue weighted by molar-refractivity contribution is -0.131. The van der Waals surface area contributed by atoms with E-state index in [1.165, 1.54) is 5.56 Å². The number of thiophene rings is 1. The van der Waals surface area contributed by atoms with E-state index < -0.39 is 0 Å². The first-order chi connectivity index (χ1) is 10.8. The van der Waals surface area contributed by atoms with Crippen molar-refractivity contribution in [3.05, 3.63) is 46.2 Å². The highest BCUT2D eigenvalue weighted by Gasteiger charge is 2.30. The lowest BCUT2D eigenvalue weighted by Crippen LogP contribution is -2.31. The normalized spacial score (nSPS) is 19.6. The maximum atomic E-state index is 12.7. The lowest BCUT2D eigenvalue weighted by Gasteiger charge is -2.24. The van der Waals surface area contributed by atoms with E-state index in [9.17, 15) is 4.79 Å². The number of benzene rings is 1. The molecule has 1 aromatic heterocycles. The van der Waals surface area contributed by atoms with Gasteiger partial charge in [-0.3, -0.25) is 4.79 Å². The van der Waals surface area contributed by atoms with Gasteiger partial charge in [-0.1, -0.05) is 6.07 Å². The number of nitrogens with zero attached hydrogens (tertiary/aromatic N) is 1. The van der Waals surface area contributed by atoms with Gasteiger partial charge in [0.15, 0.2) is 11.5 Å². The molecule has 1 fully saturated rings. The van der Waals surface area contributed by atoms with E-state index in [0.717, 1.165) is 36.4 Å². The van der Waals surface area contributed by atoms with Crippen LogP contribution in [0.1, 0.15) is 30.0 Å². The Morgan fingerprint density at radius 2 is 2.18 bits per heavy atom. The SMILES string of the molecule is O=C(Cc1ccc2c(c1)OCO2)N1CCC[C@@H]1c1ccsc1. The largest absolute Gasteiger partial charge is 0.454 e. The number of hydrogen-bond acceptors (Lipinski definition) is 4. The number of ether oxygens (including phenoxy) is 2. The summed E-state index contributed by atoms with van der Waals surface area (Å²) in [6, 6.07) is 8.11. The summed E-state index contributed by atoms with van der Waals surface area (Å²) in [6.07, 6.45) is 2.55. The molecule has 1 saturated heterocycles. The zero-order valence-corrected chi connectivity index (χ0v) is 13.0. The molecule has 3 heterocycles. The molecule has 0 spiro atoms. The van der Waals surface area contributed by atoms with Crippen LogP contribution in [0, 0.1) is 0 Å². The van der Waals surface area contributed by atoms with Gasteiger partial charge >= 0.3 is 0 Å². The second-order valence-electron chi connectivity index (χ2n) is 5.67. The molecule has 0 bridgehead atoms. The van der Waals surface area contributed by atoms with E-state index in [1.807, 2.05) is 23.1 Å². The zero-order valence-electron chi connectivity index (χ0n) is 12.2. The summed E-state index contributed by atoms with van der Waals surface area (Å²) in [5.41, 5.74) is 2.24. The van der Waals surface area contributed by atoms with Crippen LogP contribution in [0.3, 0.4) is 0 Å². The molecule has 1 amide bonds. The topological polar surface area (TPSA) is 38.8 Å². The highest BCUT2D eigenvalue weighted by molar-refractivity contribution is 7.07. The van der Waals surface area contributed by atoms with Gasteiger partial charge in [0.1, 0.15) is 0 Å². The maximum absolute atomic E-state index is 12.7. The number of likely N-dealkylation sites (tertiary alicyclic amines) is 1.